The molecule has 2 aliphatic heterocycles. The Bertz CT molecular complexity index is 477. The van der Waals surface area contributed by atoms with E-state index in [0.717, 1.165) is 76.9 Å². The van der Waals surface area contributed by atoms with Crippen molar-refractivity contribution in [2.75, 3.05) is 53.6 Å². The van der Waals surface area contributed by atoms with Crippen LogP contribution in [0.4, 0.5) is 0 Å². The molecule has 2 fully saturated rings. The monoisotopic (exact) mass is 336 g/mol. The zero-order valence-corrected chi connectivity index (χ0v) is 15.3. The molecular weight excluding hydrogens is 304 g/mol. The minimum Gasteiger partial charge on any atom is -0.379 e. The van der Waals surface area contributed by atoms with E-state index in [1.54, 1.807) is 0 Å². The first-order chi connectivity index (χ1) is 11.6. The van der Waals surface area contributed by atoms with Gasteiger partial charge in [0.05, 0.1) is 19.3 Å². The Balaban J connectivity index is 1.63. The van der Waals surface area contributed by atoms with Gasteiger partial charge >= 0.3 is 0 Å². The summed E-state index contributed by atoms with van der Waals surface area (Å²) >= 11 is 0. The largest absolute Gasteiger partial charge is 0.379 e. The normalized spacial score (nSPS) is 30.4. The van der Waals surface area contributed by atoms with Gasteiger partial charge in [-0.25, -0.2) is 0 Å². The Morgan fingerprint density at radius 3 is 3.08 bits per heavy atom. The number of likely N-dealkylation sites (tertiary alicyclic amines) is 1. The van der Waals surface area contributed by atoms with Crippen molar-refractivity contribution in [3.8, 4) is 0 Å². The molecule has 1 aliphatic carbocycles. The molecule has 0 aromatic rings. The third-order valence-electron chi connectivity index (χ3n) is 5.66. The molecule has 1 amide bonds. The zero-order valence-electron chi connectivity index (χ0n) is 15.3. The van der Waals surface area contributed by atoms with E-state index in [9.17, 15) is 4.79 Å². The Morgan fingerprint density at radius 1 is 1.46 bits per heavy atom. The summed E-state index contributed by atoms with van der Waals surface area (Å²) in [7, 11) is 4.12. The fourth-order valence-corrected chi connectivity index (χ4v) is 4.27. The predicted molar refractivity (Wildman–Crippen MR) is 93.9 cm³/mol. The molecule has 24 heavy (non-hydrogen) atoms. The minimum absolute atomic E-state index is 0.0162. The average Bonchev–Trinajstić information content (AvgIpc) is 3.12. The highest BCUT2D eigenvalue weighted by molar-refractivity contribution is 5.93. The number of fused-ring (bicyclic) bond motifs is 1. The van der Waals surface area contributed by atoms with E-state index in [1.807, 2.05) is 0 Å². The summed E-state index contributed by atoms with van der Waals surface area (Å²) in [5.74, 6) is 0.254. The van der Waals surface area contributed by atoms with Crippen molar-refractivity contribution in [2.45, 2.75) is 44.6 Å². The molecule has 2 atom stereocenters. The van der Waals surface area contributed by atoms with Gasteiger partial charge in [0.15, 0.2) is 0 Å². The van der Waals surface area contributed by atoms with Crippen LogP contribution in [0.5, 0.6) is 0 Å². The number of carbonyl (C=O) groups is 1. The highest BCUT2D eigenvalue weighted by atomic mass is 16.5. The van der Waals surface area contributed by atoms with Gasteiger partial charge in [-0.1, -0.05) is 6.08 Å². The number of carbonyl (C=O) groups excluding carboxylic acids is 1. The SMILES string of the molecule is CN(C)CCOC[C@@]12CCCO[C@@H]1CCN(C(=O)C1=CCCC1)C2. The lowest BCUT2D eigenvalue weighted by Gasteiger charge is -2.50. The summed E-state index contributed by atoms with van der Waals surface area (Å²) in [6, 6.07) is 0. The van der Waals surface area contributed by atoms with Crippen molar-refractivity contribution in [3.63, 3.8) is 0 Å². The number of ether oxygens (including phenoxy) is 2. The molecule has 0 saturated carbocycles. The van der Waals surface area contributed by atoms with E-state index in [2.05, 4.69) is 30.0 Å². The Kier molecular flexibility index (Phi) is 5.95. The van der Waals surface area contributed by atoms with Gasteiger partial charge in [-0.3, -0.25) is 4.79 Å². The molecule has 0 radical (unpaired) electrons. The number of nitrogens with zero attached hydrogens (tertiary/aromatic N) is 2. The third-order valence-corrected chi connectivity index (χ3v) is 5.66. The smallest absolute Gasteiger partial charge is 0.249 e. The van der Waals surface area contributed by atoms with Crippen molar-refractivity contribution >= 4 is 5.91 Å². The van der Waals surface area contributed by atoms with Gasteiger partial charge in [0, 0.05) is 37.2 Å². The lowest BCUT2D eigenvalue weighted by molar-refractivity contribution is -0.162. The van der Waals surface area contributed by atoms with Crippen LogP contribution in [0.25, 0.3) is 0 Å². The molecule has 0 spiro atoms. The van der Waals surface area contributed by atoms with Crippen LogP contribution in [0.1, 0.15) is 38.5 Å². The molecule has 2 heterocycles. The highest BCUT2D eigenvalue weighted by Gasteiger charge is 2.47. The lowest BCUT2D eigenvalue weighted by Crippen LogP contribution is -2.58. The first-order valence-electron chi connectivity index (χ1n) is 9.43. The molecule has 5 nitrogen and oxygen atoms in total. The van der Waals surface area contributed by atoms with Crippen LogP contribution in [0.2, 0.25) is 0 Å². The summed E-state index contributed by atoms with van der Waals surface area (Å²) < 4.78 is 12.1. The third kappa shape index (κ3) is 4.01. The maximum Gasteiger partial charge on any atom is 0.249 e. The van der Waals surface area contributed by atoms with Crippen molar-refractivity contribution < 1.29 is 14.3 Å². The molecule has 0 aromatic carbocycles. The Morgan fingerprint density at radius 2 is 2.33 bits per heavy atom. The molecular formula is C19H32N2O3. The van der Waals surface area contributed by atoms with E-state index in [0.29, 0.717) is 6.61 Å². The van der Waals surface area contributed by atoms with Crippen molar-refractivity contribution in [1.82, 2.24) is 9.80 Å². The molecule has 5 heteroatoms. The second-order valence-corrected chi connectivity index (χ2v) is 7.82. The second kappa shape index (κ2) is 7.98. The molecule has 0 unspecified atom stereocenters. The van der Waals surface area contributed by atoms with Crippen molar-refractivity contribution in [1.29, 1.82) is 0 Å². The van der Waals surface area contributed by atoms with Crippen LogP contribution < -0.4 is 0 Å². The van der Waals surface area contributed by atoms with Gasteiger partial charge in [0.1, 0.15) is 0 Å². The van der Waals surface area contributed by atoms with Gasteiger partial charge in [0.2, 0.25) is 5.91 Å². The number of piperidine rings is 1. The molecule has 136 valence electrons. The standard InChI is InChI=1S/C19H32N2O3/c1-20(2)11-13-23-15-19-9-5-12-24-17(19)8-10-21(14-19)18(22)16-6-3-4-7-16/h6,17H,3-5,7-15H2,1-2H3/t17-,19+/m1/s1. The fourth-order valence-electron chi connectivity index (χ4n) is 4.27. The number of hydrogen-bond acceptors (Lipinski definition) is 4. The fraction of sp³-hybridized carbons (Fsp3) is 0.842. The first-order valence-corrected chi connectivity index (χ1v) is 9.43. The Labute approximate surface area is 146 Å². The molecule has 0 bridgehead atoms. The topological polar surface area (TPSA) is 42.0 Å². The average molecular weight is 336 g/mol. The molecule has 3 aliphatic rings. The number of rotatable bonds is 6. The van der Waals surface area contributed by atoms with Crippen LogP contribution in [0, 0.1) is 5.41 Å². The van der Waals surface area contributed by atoms with E-state index in [4.69, 9.17) is 9.47 Å². The summed E-state index contributed by atoms with van der Waals surface area (Å²) in [6.07, 6.45) is 8.61. The molecule has 0 N–H and O–H groups in total. The number of likely N-dealkylation sites (N-methyl/N-ethyl adjacent to an activating group) is 1. The van der Waals surface area contributed by atoms with Crippen molar-refractivity contribution in [3.05, 3.63) is 11.6 Å². The van der Waals surface area contributed by atoms with Crippen LogP contribution in [0.15, 0.2) is 11.6 Å². The van der Waals surface area contributed by atoms with Gasteiger partial charge < -0.3 is 19.3 Å². The van der Waals surface area contributed by atoms with E-state index in [1.165, 1.54) is 0 Å². The predicted octanol–water partition coefficient (Wildman–Crippen LogP) is 2.07. The summed E-state index contributed by atoms with van der Waals surface area (Å²) in [6.45, 7) is 4.82. The van der Waals surface area contributed by atoms with Crippen molar-refractivity contribution in [2.24, 2.45) is 5.41 Å². The van der Waals surface area contributed by atoms with E-state index in [-0.39, 0.29) is 17.4 Å². The van der Waals surface area contributed by atoms with Gasteiger partial charge in [-0.2, -0.15) is 0 Å². The molecule has 2 saturated heterocycles. The van der Waals surface area contributed by atoms with E-state index >= 15 is 0 Å². The second-order valence-electron chi connectivity index (χ2n) is 7.82. The maximum absolute atomic E-state index is 12.8. The Hall–Kier alpha value is -0.910. The first kappa shape index (κ1) is 17.9. The highest BCUT2D eigenvalue weighted by Crippen LogP contribution is 2.41. The van der Waals surface area contributed by atoms with E-state index < -0.39 is 0 Å². The maximum atomic E-state index is 12.8. The quantitative estimate of drug-likeness (QED) is 0.697. The zero-order chi connectivity index (χ0) is 17.0. The van der Waals surface area contributed by atoms with Gasteiger partial charge in [0.25, 0.3) is 0 Å². The van der Waals surface area contributed by atoms with Crippen LogP contribution in [-0.4, -0.2) is 75.4 Å². The molecule has 3 rings (SSSR count). The number of amides is 1. The summed E-state index contributed by atoms with van der Waals surface area (Å²) in [5, 5.41) is 0. The van der Waals surface area contributed by atoms with Crippen LogP contribution in [0.3, 0.4) is 0 Å². The van der Waals surface area contributed by atoms with Gasteiger partial charge in [-0.05, 0) is 52.6 Å². The minimum atomic E-state index is -0.0162. The van der Waals surface area contributed by atoms with Gasteiger partial charge in [-0.15, -0.1) is 0 Å². The summed E-state index contributed by atoms with van der Waals surface area (Å²) in [4.78, 5) is 17.0. The number of allylic oxidation sites excluding steroid dienone is 1. The lowest BCUT2D eigenvalue weighted by atomic mass is 9.73. The van der Waals surface area contributed by atoms with Crippen LogP contribution >= 0.6 is 0 Å². The van der Waals surface area contributed by atoms with Crippen LogP contribution in [-0.2, 0) is 14.3 Å². The molecule has 0 aromatic heterocycles. The number of hydrogen-bond donors (Lipinski definition) is 0. The summed E-state index contributed by atoms with van der Waals surface area (Å²) in [5.41, 5.74) is 1.01.